The maximum atomic E-state index is 11.2. The summed E-state index contributed by atoms with van der Waals surface area (Å²) in [5.41, 5.74) is 2.17. The number of hydrogen-bond acceptors (Lipinski definition) is 5. The Kier molecular flexibility index (Phi) is 5.40. The van der Waals surface area contributed by atoms with Gasteiger partial charge in [0.2, 0.25) is 5.88 Å². The molecule has 1 heterocycles. The normalized spacial score (nSPS) is 10.6. The van der Waals surface area contributed by atoms with Crippen molar-refractivity contribution in [1.29, 1.82) is 0 Å². The van der Waals surface area contributed by atoms with Crippen LogP contribution in [0.4, 0.5) is 0 Å². The van der Waals surface area contributed by atoms with Crippen molar-refractivity contribution in [3.63, 3.8) is 0 Å². The summed E-state index contributed by atoms with van der Waals surface area (Å²) in [4.78, 5) is 14.0. The van der Waals surface area contributed by atoms with Gasteiger partial charge in [-0.05, 0) is 35.4 Å². The van der Waals surface area contributed by atoms with E-state index in [1.807, 2.05) is 48.5 Å². The van der Waals surface area contributed by atoms with E-state index in [0.717, 1.165) is 40.4 Å². The smallest absolute Gasteiger partial charge is 0.307 e. The van der Waals surface area contributed by atoms with Crippen LogP contribution in [0.2, 0.25) is 0 Å². The van der Waals surface area contributed by atoms with Gasteiger partial charge in [-0.1, -0.05) is 35.6 Å². The number of hydrogen-bond donors (Lipinski definition) is 2. The van der Waals surface area contributed by atoms with E-state index in [2.05, 4.69) is 4.98 Å². The maximum Gasteiger partial charge on any atom is 0.307 e. The summed E-state index contributed by atoms with van der Waals surface area (Å²) in [5, 5.41) is 9.63. The van der Waals surface area contributed by atoms with Crippen molar-refractivity contribution in [2.24, 2.45) is 0 Å². The summed E-state index contributed by atoms with van der Waals surface area (Å²) in [7, 11) is 1.66. The predicted molar refractivity (Wildman–Crippen MR) is 98.0 cm³/mol. The monoisotopic (exact) mass is 357 g/mol. The highest BCUT2D eigenvalue weighted by Gasteiger charge is 2.07. The molecule has 2 aromatic carbocycles. The molecular formula is C19H19NO4S. The zero-order chi connectivity index (χ0) is 17.6. The van der Waals surface area contributed by atoms with Crippen LogP contribution in [0.5, 0.6) is 17.4 Å². The van der Waals surface area contributed by atoms with E-state index in [1.54, 1.807) is 7.11 Å². The lowest BCUT2D eigenvalue weighted by molar-refractivity contribution is 0.321. The van der Waals surface area contributed by atoms with Crippen molar-refractivity contribution >= 4 is 11.3 Å². The second kappa shape index (κ2) is 7.90. The van der Waals surface area contributed by atoms with Crippen molar-refractivity contribution in [3.8, 4) is 17.4 Å². The number of thiazole rings is 1. The molecule has 0 aliphatic heterocycles. The first-order chi connectivity index (χ1) is 12.1. The molecule has 0 saturated carbocycles. The number of aromatic nitrogens is 1. The van der Waals surface area contributed by atoms with Crippen molar-refractivity contribution in [2.45, 2.75) is 12.8 Å². The van der Waals surface area contributed by atoms with Crippen LogP contribution in [-0.4, -0.2) is 23.8 Å². The molecule has 1 aromatic heterocycles. The Labute approximate surface area is 149 Å². The molecule has 0 atom stereocenters. The molecule has 0 unspecified atom stereocenters. The minimum atomic E-state index is -0.245. The summed E-state index contributed by atoms with van der Waals surface area (Å²) in [6.45, 7) is 0.576. The molecule has 3 aromatic rings. The second-order valence-corrected chi connectivity index (χ2v) is 6.62. The Hall–Kier alpha value is -2.73. The predicted octanol–water partition coefficient (Wildman–Crippen LogP) is 3.36. The Morgan fingerprint density at radius 1 is 1.08 bits per heavy atom. The fourth-order valence-corrected chi connectivity index (χ4v) is 3.23. The molecule has 5 nitrogen and oxygen atoms in total. The van der Waals surface area contributed by atoms with Crippen molar-refractivity contribution in [2.75, 3.05) is 13.7 Å². The molecule has 0 aliphatic carbocycles. The van der Waals surface area contributed by atoms with Crippen LogP contribution < -0.4 is 14.3 Å². The van der Waals surface area contributed by atoms with Crippen LogP contribution in [-0.2, 0) is 12.8 Å². The zero-order valence-corrected chi connectivity index (χ0v) is 14.6. The lowest BCUT2D eigenvalue weighted by Gasteiger charge is -2.08. The van der Waals surface area contributed by atoms with Crippen LogP contribution in [0.1, 0.15) is 16.0 Å². The summed E-state index contributed by atoms with van der Waals surface area (Å²) in [6.07, 6.45) is 1.31. The SMILES string of the molecule is COc1cccc(CCOc2ccc(Cc3sc(=O)[nH]c3O)cc2)c1. The van der Waals surface area contributed by atoms with E-state index in [4.69, 9.17) is 9.47 Å². The summed E-state index contributed by atoms with van der Waals surface area (Å²) in [6, 6.07) is 15.6. The largest absolute Gasteiger partial charge is 0.497 e. The third kappa shape index (κ3) is 4.64. The van der Waals surface area contributed by atoms with E-state index in [-0.39, 0.29) is 10.8 Å². The average molecular weight is 357 g/mol. The van der Waals surface area contributed by atoms with Gasteiger partial charge in [-0.2, -0.15) is 0 Å². The molecular weight excluding hydrogens is 338 g/mol. The first kappa shape index (κ1) is 17.1. The minimum Gasteiger partial charge on any atom is -0.497 e. The van der Waals surface area contributed by atoms with Gasteiger partial charge in [0.1, 0.15) is 11.5 Å². The first-order valence-electron chi connectivity index (χ1n) is 7.89. The number of methoxy groups -OCH3 is 1. The number of benzene rings is 2. The topological polar surface area (TPSA) is 71.5 Å². The average Bonchev–Trinajstić information content (AvgIpc) is 2.94. The maximum absolute atomic E-state index is 11.2. The van der Waals surface area contributed by atoms with Crippen LogP contribution in [0, 0.1) is 0 Å². The summed E-state index contributed by atoms with van der Waals surface area (Å²) >= 11 is 1.03. The molecule has 3 rings (SSSR count). The van der Waals surface area contributed by atoms with E-state index >= 15 is 0 Å². The molecule has 0 spiro atoms. The van der Waals surface area contributed by atoms with Gasteiger partial charge in [0.15, 0.2) is 0 Å². The Bertz CT molecular complexity index is 883. The van der Waals surface area contributed by atoms with Gasteiger partial charge >= 0.3 is 4.87 Å². The number of rotatable bonds is 7. The number of ether oxygens (including phenoxy) is 2. The van der Waals surface area contributed by atoms with Gasteiger partial charge in [0.25, 0.3) is 0 Å². The third-order valence-electron chi connectivity index (χ3n) is 3.78. The fourth-order valence-electron chi connectivity index (χ4n) is 2.48. The summed E-state index contributed by atoms with van der Waals surface area (Å²) < 4.78 is 11.0. The quantitative estimate of drug-likeness (QED) is 0.680. The lowest BCUT2D eigenvalue weighted by atomic mass is 10.1. The second-order valence-electron chi connectivity index (χ2n) is 5.56. The van der Waals surface area contributed by atoms with E-state index < -0.39 is 0 Å². The molecule has 130 valence electrons. The van der Waals surface area contributed by atoms with Gasteiger partial charge in [-0.3, -0.25) is 9.78 Å². The van der Waals surface area contributed by atoms with Crippen LogP contribution in [0.25, 0.3) is 0 Å². The highest BCUT2D eigenvalue weighted by molar-refractivity contribution is 7.09. The van der Waals surface area contributed by atoms with Crippen LogP contribution in [0.15, 0.2) is 53.3 Å². The van der Waals surface area contributed by atoms with Crippen LogP contribution >= 0.6 is 11.3 Å². The van der Waals surface area contributed by atoms with Crippen molar-refractivity contribution in [3.05, 3.63) is 74.2 Å². The minimum absolute atomic E-state index is 0.0476. The molecule has 6 heteroatoms. The number of H-pyrrole nitrogens is 1. The van der Waals surface area contributed by atoms with Gasteiger partial charge in [-0.15, -0.1) is 0 Å². The van der Waals surface area contributed by atoms with Gasteiger partial charge in [-0.25, -0.2) is 0 Å². The first-order valence-corrected chi connectivity index (χ1v) is 8.71. The Balaban J connectivity index is 1.53. The van der Waals surface area contributed by atoms with E-state index in [9.17, 15) is 9.90 Å². The third-order valence-corrected chi connectivity index (χ3v) is 4.65. The van der Waals surface area contributed by atoms with E-state index in [1.165, 1.54) is 0 Å². The molecule has 0 radical (unpaired) electrons. The van der Waals surface area contributed by atoms with Gasteiger partial charge in [0, 0.05) is 12.8 Å². The number of aromatic hydroxyl groups is 1. The van der Waals surface area contributed by atoms with Gasteiger partial charge in [0.05, 0.1) is 18.6 Å². The molecule has 0 bridgehead atoms. The molecule has 2 N–H and O–H groups in total. The zero-order valence-electron chi connectivity index (χ0n) is 13.8. The molecule has 25 heavy (non-hydrogen) atoms. The Morgan fingerprint density at radius 3 is 2.56 bits per heavy atom. The molecule has 0 saturated heterocycles. The highest BCUT2D eigenvalue weighted by atomic mass is 32.1. The molecule has 0 fully saturated rings. The summed E-state index contributed by atoms with van der Waals surface area (Å²) in [5.74, 6) is 1.59. The van der Waals surface area contributed by atoms with Crippen molar-refractivity contribution < 1.29 is 14.6 Å². The number of nitrogens with one attached hydrogen (secondary N) is 1. The van der Waals surface area contributed by atoms with Crippen LogP contribution in [0.3, 0.4) is 0 Å². The standard InChI is InChI=1S/C19H19NO4S/c1-23-16-4-2-3-13(11-16)9-10-24-15-7-5-14(6-8-15)12-17-18(21)20-19(22)25-17/h2-8,11,21H,9-10,12H2,1H3,(H,20,22). The number of aromatic amines is 1. The Morgan fingerprint density at radius 2 is 1.88 bits per heavy atom. The molecule has 0 amide bonds. The van der Waals surface area contributed by atoms with Gasteiger partial charge < -0.3 is 14.6 Å². The van der Waals surface area contributed by atoms with E-state index in [0.29, 0.717) is 17.9 Å². The highest BCUT2D eigenvalue weighted by Crippen LogP contribution is 2.22. The lowest BCUT2D eigenvalue weighted by Crippen LogP contribution is -2.01. The fraction of sp³-hybridized carbons (Fsp3) is 0.211. The molecule has 0 aliphatic rings. The van der Waals surface area contributed by atoms with Crippen molar-refractivity contribution in [1.82, 2.24) is 4.98 Å².